The van der Waals surface area contributed by atoms with Gasteiger partial charge in [-0.15, -0.1) is 0 Å². The first-order valence-electron chi connectivity index (χ1n) is 8.74. The summed E-state index contributed by atoms with van der Waals surface area (Å²) in [6, 6.07) is 21.3. The monoisotopic (exact) mass is 339 g/mol. The molecule has 0 spiro atoms. The highest BCUT2D eigenvalue weighted by Gasteiger charge is 2.13. The Labute approximate surface area is 150 Å². The van der Waals surface area contributed by atoms with Crippen molar-refractivity contribution in [1.29, 1.82) is 0 Å². The number of benzene rings is 3. The average molecular weight is 339 g/mol. The molecular weight excluding hydrogens is 320 g/mol. The fourth-order valence-electron chi connectivity index (χ4n) is 3.50. The van der Waals surface area contributed by atoms with Crippen molar-refractivity contribution in [1.82, 2.24) is 15.0 Å². The molecule has 0 atom stereocenters. The van der Waals surface area contributed by atoms with Crippen LogP contribution >= 0.6 is 0 Å². The van der Waals surface area contributed by atoms with Crippen molar-refractivity contribution >= 4 is 22.1 Å². The second kappa shape index (κ2) is 5.56. The minimum atomic E-state index is 0.939. The Hall–Kier alpha value is -3.40. The van der Waals surface area contributed by atoms with Gasteiger partial charge in [0.2, 0.25) is 0 Å². The van der Waals surface area contributed by atoms with E-state index < -0.39 is 0 Å². The maximum atomic E-state index is 4.48. The largest absolute Gasteiger partial charge is 0.342 e. The van der Waals surface area contributed by atoms with Crippen LogP contribution in [0.5, 0.6) is 0 Å². The van der Waals surface area contributed by atoms with Crippen LogP contribution in [-0.2, 0) is 0 Å². The van der Waals surface area contributed by atoms with Crippen molar-refractivity contribution in [2.24, 2.45) is 0 Å². The summed E-state index contributed by atoms with van der Waals surface area (Å²) in [7, 11) is 0. The smallest absolute Gasteiger partial charge is 0.285 e. The second-order valence-corrected chi connectivity index (χ2v) is 6.81. The quantitative estimate of drug-likeness (QED) is 0.476. The molecule has 126 valence electrons. The van der Waals surface area contributed by atoms with Crippen LogP contribution in [0.1, 0.15) is 11.4 Å². The van der Waals surface area contributed by atoms with E-state index in [0.717, 1.165) is 39.3 Å². The number of fused-ring (bicyclic) bond motifs is 2. The molecule has 0 aliphatic carbocycles. The number of nitrogens with one attached hydrogen (secondary N) is 3. The molecule has 0 aliphatic heterocycles. The predicted octanol–water partition coefficient (Wildman–Crippen LogP) is 4.81. The fraction of sp³-hybridized carbons (Fsp3) is 0.0909. The molecule has 0 aliphatic rings. The molecular formula is C22H19N4+. The van der Waals surface area contributed by atoms with Crippen molar-refractivity contribution in [3.8, 4) is 22.5 Å². The van der Waals surface area contributed by atoms with Crippen LogP contribution in [-0.4, -0.2) is 15.0 Å². The van der Waals surface area contributed by atoms with E-state index in [4.69, 9.17) is 0 Å². The summed E-state index contributed by atoms with van der Waals surface area (Å²) in [5.74, 6) is 1.97. The van der Waals surface area contributed by atoms with Crippen molar-refractivity contribution < 1.29 is 4.98 Å². The number of aryl methyl sites for hydroxylation is 2. The summed E-state index contributed by atoms with van der Waals surface area (Å²) in [4.78, 5) is 14.8. The zero-order valence-corrected chi connectivity index (χ0v) is 14.7. The van der Waals surface area contributed by atoms with Gasteiger partial charge in [0, 0.05) is 0 Å². The van der Waals surface area contributed by atoms with Crippen molar-refractivity contribution in [3.63, 3.8) is 0 Å². The lowest BCUT2D eigenvalue weighted by Crippen LogP contribution is -2.02. The molecule has 0 radical (unpaired) electrons. The second-order valence-electron chi connectivity index (χ2n) is 6.81. The third-order valence-electron chi connectivity index (χ3n) is 4.78. The van der Waals surface area contributed by atoms with Crippen LogP contribution in [0, 0.1) is 13.8 Å². The van der Waals surface area contributed by atoms with Gasteiger partial charge in [0.15, 0.2) is 11.0 Å². The zero-order chi connectivity index (χ0) is 17.7. The molecule has 4 heteroatoms. The number of nitrogens with zero attached hydrogens (tertiary/aromatic N) is 1. The lowest BCUT2D eigenvalue weighted by Gasteiger charge is -2.00. The average Bonchev–Trinajstić information content (AvgIpc) is 3.22. The molecule has 0 saturated carbocycles. The van der Waals surface area contributed by atoms with Gasteiger partial charge in [-0.05, 0) is 67.4 Å². The van der Waals surface area contributed by atoms with Gasteiger partial charge >= 0.3 is 0 Å². The van der Waals surface area contributed by atoms with Gasteiger partial charge < -0.3 is 4.98 Å². The molecule has 0 fully saturated rings. The highest BCUT2D eigenvalue weighted by atomic mass is 14.9. The lowest BCUT2D eigenvalue weighted by atomic mass is 10.0. The van der Waals surface area contributed by atoms with Gasteiger partial charge in [0.1, 0.15) is 5.82 Å². The first-order chi connectivity index (χ1) is 12.7. The molecule has 5 rings (SSSR count). The van der Waals surface area contributed by atoms with Crippen LogP contribution in [0.25, 0.3) is 44.6 Å². The van der Waals surface area contributed by atoms with Crippen LogP contribution in [0.4, 0.5) is 0 Å². The Bertz CT molecular complexity index is 1260. The Morgan fingerprint density at radius 1 is 0.769 bits per heavy atom. The Morgan fingerprint density at radius 3 is 2.42 bits per heavy atom. The number of aromatic nitrogens is 4. The van der Waals surface area contributed by atoms with E-state index in [1.54, 1.807) is 0 Å². The molecule has 3 N–H and O–H groups in total. The molecule has 0 unspecified atom stereocenters. The van der Waals surface area contributed by atoms with Crippen molar-refractivity contribution in [2.45, 2.75) is 13.8 Å². The Kier molecular flexibility index (Phi) is 3.19. The third kappa shape index (κ3) is 2.47. The van der Waals surface area contributed by atoms with E-state index in [9.17, 15) is 0 Å². The molecule has 0 saturated heterocycles. The van der Waals surface area contributed by atoms with Crippen LogP contribution in [0.2, 0.25) is 0 Å². The summed E-state index contributed by atoms with van der Waals surface area (Å²) < 4.78 is 0. The van der Waals surface area contributed by atoms with E-state index in [0.29, 0.717) is 0 Å². The van der Waals surface area contributed by atoms with Crippen molar-refractivity contribution in [3.05, 3.63) is 72.1 Å². The fourth-order valence-corrected chi connectivity index (χ4v) is 3.50. The molecule has 26 heavy (non-hydrogen) atoms. The van der Waals surface area contributed by atoms with Gasteiger partial charge in [-0.1, -0.05) is 23.8 Å². The summed E-state index contributed by atoms with van der Waals surface area (Å²) in [6.07, 6.45) is 0. The molecule has 3 aromatic carbocycles. The predicted molar refractivity (Wildman–Crippen MR) is 105 cm³/mol. The summed E-state index contributed by atoms with van der Waals surface area (Å²) in [5.41, 5.74) is 9.03. The van der Waals surface area contributed by atoms with Crippen LogP contribution < -0.4 is 4.98 Å². The number of imidazole rings is 2. The lowest BCUT2D eigenvalue weighted by molar-refractivity contribution is -0.330. The maximum absolute atomic E-state index is 4.48. The van der Waals surface area contributed by atoms with Crippen LogP contribution in [0.15, 0.2) is 60.7 Å². The van der Waals surface area contributed by atoms with E-state index in [1.165, 1.54) is 16.7 Å². The van der Waals surface area contributed by atoms with Crippen molar-refractivity contribution in [2.75, 3.05) is 0 Å². The Balaban J connectivity index is 1.60. The highest BCUT2D eigenvalue weighted by Crippen LogP contribution is 2.26. The first kappa shape index (κ1) is 14.9. The van der Waals surface area contributed by atoms with E-state index >= 15 is 0 Å². The zero-order valence-electron chi connectivity index (χ0n) is 14.7. The summed E-state index contributed by atoms with van der Waals surface area (Å²) in [6.45, 7) is 4.09. The topological polar surface area (TPSA) is 58.6 Å². The van der Waals surface area contributed by atoms with Gasteiger partial charge in [-0.2, -0.15) is 0 Å². The number of aromatic amines is 3. The minimum Gasteiger partial charge on any atom is -0.342 e. The molecule has 0 bridgehead atoms. The van der Waals surface area contributed by atoms with Gasteiger partial charge in [-0.3, -0.25) is 0 Å². The normalized spacial score (nSPS) is 11.5. The molecule has 4 nitrogen and oxygen atoms in total. The number of hydrogen-bond acceptors (Lipinski definition) is 1. The van der Waals surface area contributed by atoms with E-state index in [-0.39, 0.29) is 0 Å². The van der Waals surface area contributed by atoms with E-state index in [2.05, 4.69) is 87.5 Å². The maximum Gasteiger partial charge on any atom is 0.285 e. The molecule has 2 heterocycles. The number of H-pyrrole nitrogens is 3. The molecule has 5 aromatic rings. The minimum absolute atomic E-state index is 0.939. The number of rotatable bonds is 2. The third-order valence-corrected chi connectivity index (χ3v) is 4.78. The summed E-state index contributed by atoms with van der Waals surface area (Å²) in [5, 5.41) is 0. The SMILES string of the molecule is Cc1cccc(-c2[nH]c3cc(-c4ccc5nc(C)[nH]c5c4)ccc3[nH+]2)c1. The summed E-state index contributed by atoms with van der Waals surface area (Å²) >= 11 is 0. The van der Waals surface area contributed by atoms with Crippen LogP contribution in [0.3, 0.4) is 0 Å². The van der Waals surface area contributed by atoms with Gasteiger partial charge in [0.05, 0.1) is 16.6 Å². The number of hydrogen-bond donors (Lipinski definition) is 2. The first-order valence-corrected chi connectivity index (χ1v) is 8.74. The molecule has 0 amide bonds. The highest BCUT2D eigenvalue weighted by molar-refractivity contribution is 5.86. The van der Waals surface area contributed by atoms with E-state index in [1.807, 2.05) is 6.92 Å². The van der Waals surface area contributed by atoms with Gasteiger partial charge in [0.25, 0.3) is 5.82 Å². The van der Waals surface area contributed by atoms with Gasteiger partial charge in [-0.25, -0.2) is 15.0 Å². The molecule has 2 aromatic heterocycles. The standard InChI is InChI=1S/C22H18N4/c1-13-4-3-5-17(10-13)22-25-19-9-7-16(12-21(19)26-22)15-6-8-18-20(11-15)24-14(2)23-18/h3-12H,1-2H3,(H,23,24)(H,25,26)/p+1. The Morgan fingerprint density at radius 2 is 1.58 bits per heavy atom.